The smallest absolute Gasteiger partial charge is 0.299 e. The topological polar surface area (TPSA) is 15.6 Å². The van der Waals surface area contributed by atoms with Crippen molar-refractivity contribution in [1.29, 1.82) is 0 Å². The molecule has 0 unspecified atom stereocenters. The first kappa shape index (κ1) is 14.2. The zero-order chi connectivity index (χ0) is 13.9. The van der Waals surface area contributed by atoms with Crippen LogP contribution in [0.2, 0.25) is 0 Å². The Morgan fingerprint density at radius 1 is 1.26 bits per heavy atom. The van der Waals surface area contributed by atoms with Gasteiger partial charge in [0.2, 0.25) is 0 Å². The maximum absolute atomic E-state index is 13.0. The van der Waals surface area contributed by atoms with Crippen LogP contribution in [-0.4, -0.2) is 23.2 Å². The molecule has 102 valence electrons. The molecule has 1 aliphatic heterocycles. The van der Waals surface area contributed by atoms with E-state index in [4.69, 9.17) is 0 Å². The Hall–Kier alpha value is -1.23. The number of hydrogen-bond donors (Lipinski definition) is 0. The molecule has 1 aromatic carbocycles. The molecule has 2 nitrogen and oxygen atoms in total. The average Bonchev–Trinajstić information content (AvgIpc) is 2.83. The van der Waals surface area contributed by atoms with Crippen LogP contribution in [0, 0.1) is 0 Å². The Bertz CT molecular complexity index is 501. The van der Waals surface area contributed by atoms with Crippen molar-refractivity contribution in [2.75, 3.05) is 13.1 Å². The van der Waals surface area contributed by atoms with Crippen molar-refractivity contribution < 1.29 is 13.2 Å². The number of rotatable bonds is 3. The molecule has 0 saturated carbocycles. The van der Waals surface area contributed by atoms with Crippen molar-refractivity contribution in [1.82, 2.24) is 4.90 Å². The van der Waals surface area contributed by atoms with Crippen molar-refractivity contribution in [3.8, 4) is 0 Å². The molecule has 0 radical (unpaired) electrons. The van der Waals surface area contributed by atoms with Gasteiger partial charge in [-0.2, -0.15) is 18.2 Å². The summed E-state index contributed by atoms with van der Waals surface area (Å²) in [5, 5.41) is 2.09. The quantitative estimate of drug-likeness (QED) is 0.615. The molecule has 1 saturated heterocycles. The number of isothiocyanates is 1. The molecular weight excluding hydrogens is 273 g/mol. The summed E-state index contributed by atoms with van der Waals surface area (Å²) in [5.41, 5.74) is -0.156. The monoisotopic (exact) mass is 286 g/mol. The Balaban J connectivity index is 2.32. The Morgan fingerprint density at radius 3 is 2.53 bits per heavy atom. The van der Waals surface area contributed by atoms with Gasteiger partial charge in [0.1, 0.15) is 0 Å². The number of alkyl halides is 3. The number of halogens is 3. The molecule has 0 aromatic heterocycles. The molecule has 1 aliphatic rings. The van der Waals surface area contributed by atoms with Crippen LogP contribution in [0.15, 0.2) is 23.2 Å². The molecule has 0 spiro atoms. The predicted octanol–water partition coefficient (Wildman–Crippen LogP) is 4.04. The number of aliphatic imine (C=N–C) groups is 1. The minimum absolute atomic E-state index is 0.187. The lowest BCUT2D eigenvalue weighted by molar-refractivity contribution is -0.138. The standard InChI is InChI=1S/C13H13F3N2S/c14-13(15,16)12-7-11(17-9-19)4-3-10(12)8-18-5-1-2-6-18/h3-4,7H,1-2,5-6,8H2. The summed E-state index contributed by atoms with van der Waals surface area (Å²) >= 11 is 4.41. The van der Waals surface area contributed by atoms with Crippen molar-refractivity contribution in [3.63, 3.8) is 0 Å². The third kappa shape index (κ3) is 3.62. The molecule has 2 rings (SSSR count). The highest BCUT2D eigenvalue weighted by molar-refractivity contribution is 7.78. The van der Waals surface area contributed by atoms with Crippen molar-refractivity contribution in [2.24, 2.45) is 4.99 Å². The van der Waals surface area contributed by atoms with E-state index in [0.717, 1.165) is 32.0 Å². The van der Waals surface area contributed by atoms with Crippen molar-refractivity contribution in [3.05, 3.63) is 29.3 Å². The molecule has 0 aliphatic carbocycles. The van der Waals surface area contributed by atoms with Gasteiger partial charge in [-0.3, -0.25) is 4.90 Å². The first-order chi connectivity index (χ1) is 9.00. The maximum Gasteiger partial charge on any atom is 0.416 e. The van der Waals surface area contributed by atoms with Gasteiger partial charge >= 0.3 is 6.18 Å². The average molecular weight is 286 g/mol. The third-order valence-corrected chi connectivity index (χ3v) is 3.26. The van der Waals surface area contributed by atoms with Crippen LogP contribution in [0.5, 0.6) is 0 Å². The van der Waals surface area contributed by atoms with Gasteiger partial charge in [0.15, 0.2) is 0 Å². The van der Waals surface area contributed by atoms with Gasteiger partial charge in [-0.05, 0) is 55.8 Å². The number of thiocarbonyl (C=S) groups is 1. The second-order valence-electron chi connectivity index (χ2n) is 4.53. The van der Waals surface area contributed by atoms with E-state index < -0.39 is 11.7 Å². The molecule has 0 amide bonds. The molecule has 1 aromatic rings. The fraction of sp³-hybridized carbons (Fsp3) is 0.462. The molecule has 1 heterocycles. The molecular formula is C13H13F3N2S. The Kier molecular flexibility index (Phi) is 4.34. The van der Waals surface area contributed by atoms with Gasteiger partial charge in [0.05, 0.1) is 16.4 Å². The van der Waals surface area contributed by atoms with Crippen LogP contribution in [0.3, 0.4) is 0 Å². The predicted molar refractivity (Wildman–Crippen MR) is 70.6 cm³/mol. The Morgan fingerprint density at radius 2 is 1.95 bits per heavy atom. The number of likely N-dealkylation sites (tertiary alicyclic amines) is 1. The van der Waals surface area contributed by atoms with E-state index in [1.165, 1.54) is 6.07 Å². The second-order valence-corrected chi connectivity index (χ2v) is 4.71. The molecule has 1 fully saturated rings. The zero-order valence-corrected chi connectivity index (χ0v) is 11.0. The summed E-state index contributed by atoms with van der Waals surface area (Å²) in [6, 6.07) is 4.05. The SMILES string of the molecule is FC(F)(F)c1cc(N=C=S)ccc1CN1CCCC1. The number of benzene rings is 1. The van der Waals surface area contributed by atoms with Crippen molar-refractivity contribution in [2.45, 2.75) is 25.6 Å². The summed E-state index contributed by atoms with van der Waals surface area (Å²) < 4.78 is 39.1. The van der Waals surface area contributed by atoms with Gasteiger partial charge in [0, 0.05) is 6.54 Å². The van der Waals surface area contributed by atoms with E-state index in [1.807, 2.05) is 4.90 Å². The lowest BCUT2D eigenvalue weighted by Crippen LogP contribution is -2.21. The fourth-order valence-corrected chi connectivity index (χ4v) is 2.38. The van der Waals surface area contributed by atoms with Gasteiger partial charge in [-0.15, -0.1) is 0 Å². The van der Waals surface area contributed by atoms with Gasteiger partial charge in [-0.25, -0.2) is 0 Å². The maximum atomic E-state index is 13.0. The molecule has 0 atom stereocenters. The van der Waals surface area contributed by atoms with Gasteiger partial charge in [0.25, 0.3) is 0 Å². The normalized spacial score (nSPS) is 16.4. The largest absolute Gasteiger partial charge is 0.416 e. The van der Waals surface area contributed by atoms with E-state index in [9.17, 15) is 13.2 Å². The first-order valence-corrected chi connectivity index (χ1v) is 6.42. The van der Waals surface area contributed by atoms with E-state index in [2.05, 4.69) is 22.4 Å². The number of hydrogen-bond acceptors (Lipinski definition) is 3. The molecule has 19 heavy (non-hydrogen) atoms. The summed E-state index contributed by atoms with van der Waals surface area (Å²) in [5.74, 6) is 0. The van der Waals surface area contributed by atoms with Crippen LogP contribution < -0.4 is 0 Å². The summed E-state index contributed by atoms with van der Waals surface area (Å²) in [6.07, 6.45) is -2.27. The summed E-state index contributed by atoms with van der Waals surface area (Å²) in [7, 11) is 0. The highest BCUT2D eigenvalue weighted by Crippen LogP contribution is 2.35. The third-order valence-electron chi connectivity index (χ3n) is 3.17. The van der Waals surface area contributed by atoms with Crippen LogP contribution >= 0.6 is 12.2 Å². The minimum Gasteiger partial charge on any atom is -0.299 e. The molecule has 0 N–H and O–H groups in total. The number of nitrogens with zero attached hydrogens (tertiary/aromatic N) is 2. The molecule has 6 heteroatoms. The van der Waals surface area contributed by atoms with E-state index >= 15 is 0 Å². The van der Waals surface area contributed by atoms with E-state index in [0.29, 0.717) is 6.54 Å². The second kappa shape index (κ2) is 5.82. The van der Waals surface area contributed by atoms with Gasteiger partial charge < -0.3 is 0 Å². The summed E-state index contributed by atoms with van der Waals surface area (Å²) in [6.45, 7) is 2.05. The zero-order valence-electron chi connectivity index (χ0n) is 10.2. The van der Waals surface area contributed by atoms with Crippen molar-refractivity contribution >= 4 is 23.1 Å². The lowest BCUT2D eigenvalue weighted by Gasteiger charge is -2.19. The summed E-state index contributed by atoms with van der Waals surface area (Å²) in [4.78, 5) is 5.64. The van der Waals surface area contributed by atoms with Crippen LogP contribution in [0.4, 0.5) is 18.9 Å². The van der Waals surface area contributed by atoms with Crippen LogP contribution in [0.25, 0.3) is 0 Å². The van der Waals surface area contributed by atoms with E-state index in [1.54, 1.807) is 6.07 Å². The van der Waals surface area contributed by atoms with Gasteiger partial charge in [-0.1, -0.05) is 6.07 Å². The van der Waals surface area contributed by atoms with Crippen LogP contribution in [-0.2, 0) is 12.7 Å². The highest BCUT2D eigenvalue weighted by atomic mass is 32.1. The first-order valence-electron chi connectivity index (χ1n) is 6.01. The Labute approximate surface area is 114 Å². The highest BCUT2D eigenvalue weighted by Gasteiger charge is 2.34. The minimum atomic E-state index is -4.37. The van der Waals surface area contributed by atoms with E-state index in [-0.39, 0.29) is 11.3 Å². The van der Waals surface area contributed by atoms with Crippen LogP contribution in [0.1, 0.15) is 24.0 Å². The molecule has 0 bridgehead atoms. The fourth-order valence-electron chi connectivity index (χ4n) is 2.27. The lowest BCUT2D eigenvalue weighted by atomic mass is 10.1.